The lowest BCUT2D eigenvalue weighted by Gasteiger charge is -2.29. The van der Waals surface area contributed by atoms with Crippen molar-refractivity contribution >= 4 is 17.5 Å². The summed E-state index contributed by atoms with van der Waals surface area (Å²) in [6.07, 6.45) is 0.632. The van der Waals surface area contributed by atoms with Crippen LogP contribution in [0.2, 0.25) is 0 Å². The summed E-state index contributed by atoms with van der Waals surface area (Å²) in [4.78, 5) is 24.3. The van der Waals surface area contributed by atoms with Gasteiger partial charge in [0, 0.05) is 13.5 Å². The van der Waals surface area contributed by atoms with Gasteiger partial charge in [-0.15, -0.1) is 0 Å². The number of carbonyl (C=O) groups is 2. The summed E-state index contributed by atoms with van der Waals surface area (Å²) < 4.78 is 13.0. The Kier molecular flexibility index (Phi) is 3.47. The lowest BCUT2D eigenvalue weighted by Crippen LogP contribution is -2.48. The second-order valence-electron chi connectivity index (χ2n) is 4.33. The molecule has 0 bridgehead atoms. The number of imide groups is 1. The highest BCUT2D eigenvalue weighted by atomic mass is 19.1. The summed E-state index contributed by atoms with van der Waals surface area (Å²) in [7, 11) is 1.42. The summed E-state index contributed by atoms with van der Waals surface area (Å²) in [6.45, 7) is 0. The predicted molar refractivity (Wildman–Crippen MR) is 65.5 cm³/mol. The largest absolute Gasteiger partial charge is 0.373 e. The fraction of sp³-hybridized carbons (Fsp3) is 0.308. The van der Waals surface area contributed by atoms with Crippen molar-refractivity contribution in [1.29, 1.82) is 5.26 Å². The molecule has 1 aromatic rings. The minimum Gasteiger partial charge on any atom is -0.373 e. The van der Waals surface area contributed by atoms with Crippen LogP contribution >= 0.6 is 0 Å². The standard InChI is InChI=1S/C13H12FN3O2/c1-17-12(18)5-4-11(13(17)19)16-10-3-2-9(14)6-8(10)7-15/h2-3,6,11,16H,4-5H2,1H3. The molecule has 1 saturated heterocycles. The molecule has 2 amide bonds. The number of benzene rings is 1. The van der Waals surface area contributed by atoms with Gasteiger partial charge >= 0.3 is 0 Å². The van der Waals surface area contributed by atoms with Crippen LogP contribution in [0.15, 0.2) is 18.2 Å². The topological polar surface area (TPSA) is 73.2 Å². The molecule has 1 atom stereocenters. The molecule has 0 spiro atoms. The van der Waals surface area contributed by atoms with Crippen molar-refractivity contribution in [2.45, 2.75) is 18.9 Å². The van der Waals surface area contributed by atoms with Gasteiger partial charge in [-0.2, -0.15) is 5.26 Å². The predicted octanol–water partition coefficient (Wildman–Crippen LogP) is 1.26. The summed E-state index contributed by atoms with van der Waals surface area (Å²) >= 11 is 0. The first-order valence-corrected chi connectivity index (χ1v) is 5.79. The number of piperidine rings is 1. The zero-order valence-corrected chi connectivity index (χ0v) is 10.3. The highest BCUT2D eigenvalue weighted by Crippen LogP contribution is 2.21. The maximum atomic E-state index is 13.0. The van der Waals surface area contributed by atoms with Crippen LogP contribution in [0.3, 0.4) is 0 Å². The Balaban J connectivity index is 2.20. The molecule has 1 heterocycles. The van der Waals surface area contributed by atoms with E-state index in [2.05, 4.69) is 5.32 Å². The van der Waals surface area contributed by atoms with E-state index in [4.69, 9.17) is 5.26 Å². The number of nitriles is 1. The van der Waals surface area contributed by atoms with Crippen LogP contribution in [0.25, 0.3) is 0 Å². The van der Waals surface area contributed by atoms with Gasteiger partial charge < -0.3 is 5.32 Å². The Morgan fingerprint density at radius 3 is 2.89 bits per heavy atom. The van der Waals surface area contributed by atoms with E-state index in [9.17, 15) is 14.0 Å². The van der Waals surface area contributed by atoms with Gasteiger partial charge in [0.2, 0.25) is 5.91 Å². The van der Waals surface area contributed by atoms with E-state index in [0.29, 0.717) is 12.1 Å². The van der Waals surface area contributed by atoms with Crippen molar-refractivity contribution in [2.75, 3.05) is 12.4 Å². The first-order chi connectivity index (χ1) is 9.02. The smallest absolute Gasteiger partial charge is 0.251 e. The van der Waals surface area contributed by atoms with Crippen LogP contribution in [-0.4, -0.2) is 29.8 Å². The number of nitrogens with zero attached hydrogens (tertiary/aromatic N) is 2. The summed E-state index contributed by atoms with van der Waals surface area (Å²) in [6, 6.07) is 5.03. The van der Waals surface area contributed by atoms with Crippen molar-refractivity contribution in [2.24, 2.45) is 0 Å². The summed E-state index contributed by atoms with van der Waals surface area (Å²) in [5.41, 5.74) is 0.525. The van der Waals surface area contributed by atoms with Crippen LogP contribution in [0.5, 0.6) is 0 Å². The van der Waals surface area contributed by atoms with Gasteiger partial charge in [0.25, 0.3) is 5.91 Å². The Morgan fingerprint density at radius 2 is 2.21 bits per heavy atom. The number of likely N-dealkylation sites (tertiary alicyclic amines) is 1. The molecular formula is C13H12FN3O2. The number of nitrogens with one attached hydrogen (secondary N) is 1. The molecule has 0 radical (unpaired) electrons. The van der Waals surface area contributed by atoms with Crippen molar-refractivity contribution in [1.82, 2.24) is 4.90 Å². The Morgan fingerprint density at radius 1 is 1.47 bits per heavy atom. The number of hydrogen-bond acceptors (Lipinski definition) is 4. The Hall–Kier alpha value is -2.42. The Bertz CT molecular complexity index is 580. The van der Waals surface area contributed by atoms with Gasteiger partial charge in [-0.25, -0.2) is 4.39 Å². The van der Waals surface area contributed by atoms with E-state index in [1.165, 1.54) is 19.2 Å². The maximum Gasteiger partial charge on any atom is 0.251 e. The first-order valence-electron chi connectivity index (χ1n) is 5.79. The van der Waals surface area contributed by atoms with E-state index in [0.717, 1.165) is 11.0 Å². The quantitative estimate of drug-likeness (QED) is 0.813. The van der Waals surface area contributed by atoms with E-state index < -0.39 is 11.9 Å². The van der Waals surface area contributed by atoms with Gasteiger partial charge in [-0.3, -0.25) is 14.5 Å². The molecule has 6 heteroatoms. The highest BCUT2D eigenvalue weighted by Gasteiger charge is 2.31. The highest BCUT2D eigenvalue weighted by molar-refractivity contribution is 6.01. The number of amides is 2. The second-order valence-corrected chi connectivity index (χ2v) is 4.33. The van der Waals surface area contributed by atoms with E-state index >= 15 is 0 Å². The zero-order chi connectivity index (χ0) is 14.0. The molecule has 19 heavy (non-hydrogen) atoms. The molecule has 1 aliphatic rings. The molecule has 1 aromatic carbocycles. The third-order valence-corrected chi connectivity index (χ3v) is 3.08. The van der Waals surface area contributed by atoms with Crippen LogP contribution in [-0.2, 0) is 9.59 Å². The van der Waals surface area contributed by atoms with Crippen LogP contribution in [0, 0.1) is 17.1 Å². The van der Waals surface area contributed by atoms with Crippen molar-refractivity contribution in [3.63, 3.8) is 0 Å². The lowest BCUT2D eigenvalue weighted by atomic mass is 10.0. The fourth-order valence-electron chi connectivity index (χ4n) is 1.97. The summed E-state index contributed by atoms with van der Waals surface area (Å²) in [5, 5.41) is 11.8. The molecule has 1 N–H and O–H groups in total. The minimum absolute atomic E-state index is 0.132. The van der Waals surface area contributed by atoms with Crippen LogP contribution < -0.4 is 5.32 Å². The molecular weight excluding hydrogens is 249 g/mol. The van der Waals surface area contributed by atoms with Gasteiger partial charge in [-0.1, -0.05) is 0 Å². The number of hydrogen-bond donors (Lipinski definition) is 1. The van der Waals surface area contributed by atoms with E-state index in [-0.39, 0.29) is 23.8 Å². The van der Waals surface area contributed by atoms with Gasteiger partial charge in [0.15, 0.2) is 0 Å². The minimum atomic E-state index is -0.569. The molecule has 1 aliphatic heterocycles. The molecule has 0 saturated carbocycles. The number of halogens is 1. The number of rotatable bonds is 2. The average molecular weight is 261 g/mol. The second kappa shape index (κ2) is 5.06. The third kappa shape index (κ3) is 2.55. The monoisotopic (exact) mass is 261 g/mol. The van der Waals surface area contributed by atoms with Crippen molar-refractivity contribution < 1.29 is 14.0 Å². The Labute approximate surface area is 109 Å². The summed E-state index contributed by atoms with van der Waals surface area (Å²) in [5.74, 6) is -1.07. The SMILES string of the molecule is CN1C(=O)CCC(Nc2ccc(F)cc2C#N)C1=O. The van der Waals surface area contributed by atoms with Crippen LogP contribution in [0.1, 0.15) is 18.4 Å². The molecule has 2 rings (SSSR count). The molecule has 0 aromatic heterocycles. The molecule has 1 unspecified atom stereocenters. The fourth-order valence-corrected chi connectivity index (χ4v) is 1.97. The molecule has 0 aliphatic carbocycles. The normalized spacial score (nSPS) is 19.2. The van der Waals surface area contributed by atoms with Gasteiger partial charge in [0.1, 0.15) is 17.9 Å². The molecule has 5 nitrogen and oxygen atoms in total. The third-order valence-electron chi connectivity index (χ3n) is 3.08. The van der Waals surface area contributed by atoms with Crippen LogP contribution in [0.4, 0.5) is 10.1 Å². The van der Waals surface area contributed by atoms with E-state index in [1.807, 2.05) is 6.07 Å². The molecule has 98 valence electrons. The van der Waals surface area contributed by atoms with E-state index in [1.54, 1.807) is 0 Å². The number of anilines is 1. The maximum absolute atomic E-state index is 13.0. The lowest BCUT2D eigenvalue weighted by molar-refractivity contribution is -0.146. The van der Waals surface area contributed by atoms with Crippen molar-refractivity contribution in [3.8, 4) is 6.07 Å². The average Bonchev–Trinajstić information content (AvgIpc) is 2.41. The van der Waals surface area contributed by atoms with Crippen molar-refractivity contribution in [3.05, 3.63) is 29.6 Å². The van der Waals surface area contributed by atoms with Gasteiger partial charge in [-0.05, 0) is 24.6 Å². The number of likely N-dealkylation sites (N-methyl/N-ethyl adjacent to an activating group) is 1. The number of carbonyl (C=O) groups excluding carboxylic acids is 2. The van der Waals surface area contributed by atoms with Gasteiger partial charge in [0.05, 0.1) is 11.3 Å². The molecule has 1 fully saturated rings. The zero-order valence-electron chi connectivity index (χ0n) is 10.3. The first kappa shape index (κ1) is 13.0.